The molecule has 0 bridgehead atoms. The van der Waals surface area contributed by atoms with Crippen molar-refractivity contribution in [2.75, 3.05) is 20.7 Å². The van der Waals surface area contributed by atoms with E-state index in [-0.39, 0.29) is 12.4 Å². The van der Waals surface area contributed by atoms with E-state index in [4.69, 9.17) is 4.74 Å². The quantitative estimate of drug-likeness (QED) is 0.422. The fraction of sp³-hybridized carbons (Fsp3) is 0.412. The van der Waals surface area contributed by atoms with Crippen LogP contribution in [0.2, 0.25) is 0 Å². The van der Waals surface area contributed by atoms with Gasteiger partial charge >= 0.3 is 6.18 Å². The molecule has 0 saturated carbocycles. The van der Waals surface area contributed by atoms with Crippen LogP contribution in [0.4, 0.5) is 17.6 Å². The number of aromatic nitrogens is 1. The number of ether oxygens (including phenoxy) is 1. The molecule has 1 aromatic carbocycles. The first kappa shape index (κ1) is 21.1. The maximum absolute atomic E-state index is 13.6. The first-order valence-corrected chi connectivity index (χ1v) is 8.93. The molecule has 1 heterocycles. The zero-order valence-corrected chi connectivity index (χ0v) is 15.7. The van der Waals surface area contributed by atoms with Crippen LogP contribution >= 0.6 is 11.3 Å². The van der Waals surface area contributed by atoms with Crippen molar-refractivity contribution in [1.82, 2.24) is 15.6 Å². The SMILES string of the molecule is CN=C(NCCc1nc(C(F)(F)F)cs1)NCc1ccc(F)c(COC)c1. The maximum Gasteiger partial charge on any atom is 0.434 e. The fourth-order valence-corrected chi connectivity index (χ4v) is 3.06. The Morgan fingerprint density at radius 2 is 2.07 bits per heavy atom. The van der Waals surface area contributed by atoms with Crippen LogP contribution in [-0.4, -0.2) is 31.6 Å². The Balaban J connectivity index is 1.82. The van der Waals surface area contributed by atoms with Crippen LogP contribution in [-0.2, 0) is 30.5 Å². The third-order valence-corrected chi connectivity index (χ3v) is 4.48. The molecule has 27 heavy (non-hydrogen) atoms. The van der Waals surface area contributed by atoms with E-state index in [1.807, 2.05) is 0 Å². The summed E-state index contributed by atoms with van der Waals surface area (Å²) in [5, 5.41) is 7.49. The Kier molecular flexibility index (Phi) is 7.55. The molecule has 0 aliphatic rings. The van der Waals surface area contributed by atoms with Gasteiger partial charge in [0.25, 0.3) is 0 Å². The second kappa shape index (κ2) is 9.65. The Morgan fingerprint density at radius 3 is 2.70 bits per heavy atom. The summed E-state index contributed by atoms with van der Waals surface area (Å²) in [6.07, 6.45) is -4.08. The zero-order valence-electron chi connectivity index (χ0n) is 14.9. The van der Waals surface area contributed by atoms with Crippen LogP contribution in [0.5, 0.6) is 0 Å². The summed E-state index contributed by atoms with van der Waals surface area (Å²) in [4.78, 5) is 7.63. The molecule has 2 N–H and O–H groups in total. The monoisotopic (exact) mass is 404 g/mol. The summed E-state index contributed by atoms with van der Waals surface area (Å²) in [5.74, 6) is 0.157. The van der Waals surface area contributed by atoms with Crippen LogP contribution in [0, 0.1) is 5.82 Å². The molecule has 0 amide bonds. The number of alkyl halides is 3. The van der Waals surface area contributed by atoms with Crippen LogP contribution in [0.25, 0.3) is 0 Å². The molecular weight excluding hydrogens is 384 g/mol. The normalized spacial score (nSPS) is 12.3. The molecule has 2 rings (SSSR count). The molecule has 1 aromatic heterocycles. The predicted octanol–water partition coefficient (Wildman–Crippen LogP) is 3.36. The van der Waals surface area contributed by atoms with Gasteiger partial charge in [-0.3, -0.25) is 4.99 Å². The number of methoxy groups -OCH3 is 1. The van der Waals surface area contributed by atoms with Gasteiger partial charge in [0.2, 0.25) is 0 Å². The number of thiazole rings is 1. The van der Waals surface area contributed by atoms with Gasteiger partial charge in [-0.2, -0.15) is 13.2 Å². The van der Waals surface area contributed by atoms with Crippen molar-refractivity contribution in [3.8, 4) is 0 Å². The van der Waals surface area contributed by atoms with Gasteiger partial charge < -0.3 is 15.4 Å². The first-order valence-electron chi connectivity index (χ1n) is 8.06. The number of hydrogen-bond acceptors (Lipinski definition) is 4. The molecule has 10 heteroatoms. The smallest absolute Gasteiger partial charge is 0.380 e. The first-order chi connectivity index (χ1) is 12.8. The summed E-state index contributed by atoms with van der Waals surface area (Å²) in [6.45, 7) is 0.968. The highest BCUT2D eigenvalue weighted by Gasteiger charge is 2.33. The Morgan fingerprint density at radius 1 is 1.30 bits per heavy atom. The lowest BCUT2D eigenvalue weighted by Crippen LogP contribution is -2.37. The van der Waals surface area contributed by atoms with Gasteiger partial charge in [-0.05, 0) is 17.7 Å². The fourth-order valence-electron chi connectivity index (χ4n) is 2.25. The highest BCUT2D eigenvalue weighted by Crippen LogP contribution is 2.29. The third-order valence-electron chi connectivity index (χ3n) is 3.57. The molecule has 2 aromatic rings. The molecule has 0 spiro atoms. The van der Waals surface area contributed by atoms with Crippen LogP contribution in [0.3, 0.4) is 0 Å². The van der Waals surface area contributed by atoms with E-state index in [0.29, 0.717) is 36.0 Å². The van der Waals surface area contributed by atoms with E-state index in [0.717, 1.165) is 22.3 Å². The van der Waals surface area contributed by atoms with Crippen LogP contribution < -0.4 is 10.6 Å². The number of aliphatic imine (C=N–C) groups is 1. The Hall–Kier alpha value is -2.20. The van der Waals surface area contributed by atoms with E-state index in [1.165, 1.54) is 13.2 Å². The number of hydrogen-bond donors (Lipinski definition) is 2. The molecule has 0 atom stereocenters. The second-order valence-electron chi connectivity index (χ2n) is 5.59. The molecule has 0 aliphatic heterocycles. The number of nitrogens with zero attached hydrogens (tertiary/aromatic N) is 2. The van der Waals surface area contributed by atoms with Crippen molar-refractivity contribution in [1.29, 1.82) is 0 Å². The molecule has 0 unspecified atom stereocenters. The minimum absolute atomic E-state index is 0.181. The van der Waals surface area contributed by atoms with Gasteiger partial charge in [0.15, 0.2) is 11.7 Å². The second-order valence-corrected chi connectivity index (χ2v) is 6.53. The van der Waals surface area contributed by atoms with Crippen molar-refractivity contribution in [3.05, 3.63) is 51.2 Å². The van der Waals surface area contributed by atoms with Crippen LogP contribution in [0.1, 0.15) is 21.8 Å². The highest BCUT2D eigenvalue weighted by molar-refractivity contribution is 7.09. The van der Waals surface area contributed by atoms with E-state index < -0.39 is 11.9 Å². The van der Waals surface area contributed by atoms with Gasteiger partial charge in [-0.25, -0.2) is 9.37 Å². The molecule has 0 radical (unpaired) electrons. The van der Waals surface area contributed by atoms with E-state index in [9.17, 15) is 17.6 Å². The van der Waals surface area contributed by atoms with Crippen molar-refractivity contribution in [2.24, 2.45) is 4.99 Å². The number of rotatable bonds is 7. The summed E-state index contributed by atoms with van der Waals surface area (Å²) in [7, 11) is 3.08. The van der Waals surface area contributed by atoms with Gasteiger partial charge in [-0.15, -0.1) is 11.3 Å². The Labute approximate surface area is 158 Å². The average molecular weight is 404 g/mol. The number of guanidine groups is 1. The average Bonchev–Trinajstić information content (AvgIpc) is 3.10. The standard InChI is InChI=1S/C17H20F4N4OS/c1-22-16(23-6-5-15-25-14(10-27-15)17(19,20)21)24-8-11-3-4-13(18)12(7-11)9-26-2/h3-4,7,10H,5-6,8-9H2,1-2H3,(H2,22,23,24). The zero-order chi connectivity index (χ0) is 19.9. The summed E-state index contributed by atoms with van der Waals surface area (Å²) in [5.41, 5.74) is 0.443. The molecule has 148 valence electrons. The highest BCUT2D eigenvalue weighted by atomic mass is 32.1. The molecule has 5 nitrogen and oxygen atoms in total. The van der Waals surface area contributed by atoms with Gasteiger partial charge in [-0.1, -0.05) is 6.07 Å². The minimum Gasteiger partial charge on any atom is -0.380 e. The van der Waals surface area contributed by atoms with E-state index >= 15 is 0 Å². The molecule has 0 fully saturated rings. The maximum atomic E-state index is 13.6. The van der Waals surface area contributed by atoms with Gasteiger partial charge in [0.1, 0.15) is 5.82 Å². The van der Waals surface area contributed by atoms with Crippen molar-refractivity contribution >= 4 is 17.3 Å². The lowest BCUT2D eigenvalue weighted by atomic mass is 10.1. The molecule has 0 saturated heterocycles. The summed E-state index contributed by atoms with van der Waals surface area (Å²) in [6, 6.07) is 4.73. The van der Waals surface area contributed by atoms with Crippen molar-refractivity contribution in [2.45, 2.75) is 25.7 Å². The number of benzene rings is 1. The van der Waals surface area contributed by atoms with E-state index in [1.54, 1.807) is 19.2 Å². The largest absolute Gasteiger partial charge is 0.434 e. The van der Waals surface area contributed by atoms with Crippen LogP contribution in [0.15, 0.2) is 28.6 Å². The Bertz CT molecular complexity index is 777. The summed E-state index contributed by atoms with van der Waals surface area (Å²) >= 11 is 0.975. The lowest BCUT2D eigenvalue weighted by molar-refractivity contribution is -0.140. The third kappa shape index (κ3) is 6.47. The van der Waals surface area contributed by atoms with Gasteiger partial charge in [0, 0.05) is 44.6 Å². The molecular formula is C17H20F4N4OS. The number of halogens is 4. The minimum atomic E-state index is -4.42. The topological polar surface area (TPSA) is 58.5 Å². The van der Waals surface area contributed by atoms with Crippen molar-refractivity contribution in [3.63, 3.8) is 0 Å². The van der Waals surface area contributed by atoms with Gasteiger partial charge in [0.05, 0.1) is 11.6 Å². The predicted molar refractivity (Wildman–Crippen MR) is 96.1 cm³/mol. The van der Waals surface area contributed by atoms with Crippen molar-refractivity contribution < 1.29 is 22.3 Å². The lowest BCUT2D eigenvalue weighted by Gasteiger charge is -2.12. The summed E-state index contributed by atoms with van der Waals surface area (Å²) < 4.78 is 56.2. The molecule has 0 aliphatic carbocycles. The van der Waals surface area contributed by atoms with E-state index in [2.05, 4.69) is 20.6 Å². The number of nitrogens with one attached hydrogen (secondary N) is 2.